The van der Waals surface area contributed by atoms with Crippen LogP contribution < -0.4 is 5.73 Å². The largest absolute Gasteiger partial charge is 0.480 e. The molecular weight excluding hydrogens is 212 g/mol. The summed E-state index contributed by atoms with van der Waals surface area (Å²) in [6, 6.07) is -0.914. The summed E-state index contributed by atoms with van der Waals surface area (Å²) in [4.78, 5) is 24.1. The third-order valence-corrected chi connectivity index (χ3v) is 2.97. The number of amides is 1. The van der Waals surface area contributed by atoms with E-state index in [2.05, 4.69) is 0 Å². The van der Waals surface area contributed by atoms with Crippen molar-refractivity contribution in [3.8, 4) is 0 Å². The molecule has 1 fully saturated rings. The maximum Gasteiger partial charge on any atom is 0.326 e. The van der Waals surface area contributed by atoms with E-state index in [4.69, 9.17) is 10.8 Å². The molecule has 6 nitrogen and oxygen atoms in total. The van der Waals surface area contributed by atoms with Gasteiger partial charge in [-0.15, -0.1) is 0 Å². The van der Waals surface area contributed by atoms with Gasteiger partial charge in [0.1, 0.15) is 6.04 Å². The summed E-state index contributed by atoms with van der Waals surface area (Å²) >= 11 is 0. The first kappa shape index (κ1) is 12.9. The van der Waals surface area contributed by atoms with Crippen LogP contribution in [0.25, 0.3) is 0 Å². The number of nitrogens with two attached hydrogens (primary N) is 1. The summed E-state index contributed by atoms with van der Waals surface area (Å²) < 4.78 is 0. The Bertz CT molecular complexity index is 278. The van der Waals surface area contributed by atoms with Gasteiger partial charge in [0.2, 0.25) is 5.91 Å². The second-order valence-corrected chi connectivity index (χ2v) is 4.08. The number of carboxylic acids is 1. The predicted molar refractivity (Wildman–Crippen MR) is 56.6 cm³/mol. The highest BCUT2D eigenvalue weighted by Gasteiger charge is 2.40. The predicted octanol–water partition coefficient (Wildman–Crippen LogP) is -0.982. The van der Waals surface area contributed by atoms with Gasteiger partial charge in [0.15, 0.2) is 0 Å². The fraction of sp³-hybridized carbons (Fsp3) is 0.800. The van der Waals surface area contributed by atoms with Crippen LogP contribution in [0.4, 0.5) is 0 Å². The van der Waals surface area contributed by atoms with Crippen molar-refractivity contribution in [3.63, 3.8) is 0 Å². The second kappa shape index (κ2) is 5.27. The lowest BCUT2D eigenvalue weighted by molar-refractivity contribution is -0.149. The van der Waals surface area contributed by atoms with Crippen molar-refractivity contribution in [2.45, 2.75) is 31.9 Å². The minimum atomic E-state index is -1.07. The molecule has 92 valence electrons. The Morgan fingerprint density at radius 3 is 2.62 bits per heavy atom. The fourth-order valence-corrected chi connectivity index (χ4v) is 1.97. The Balaban J connectivity index is 2.77. The lowest BCUT2D eigenvalue weighted by Crippen LogP contribution is -2.45. The third kappa shape index (κ3) is 2.51. The average molecular weight is 230 g/mol. The summed E-state index contributed by atoms with van der Waals surface area (Å²) in [6.45, 7) is 2.12. The van der Waals surface area contributed by atoms with E-state index in [9.17, 15) is 14.7 Å². The normalized spacial score (nSPS) is 26.8. The minimum Gasteiger partial charge on any atom is -0.480 e. The number of nitrogens with zero attached hydrogens (tertiary/aromatic N) is 1. The first-order valence-corrected chi connectivity index (χ1v) is 5.42. The molecule has 0 aliphatic carbocycles. The van der Waals surface area contributed by atoms with Crippen LogP contribution in [-0.2, 0) is 9.59 Å². The molecule has 0 aromatic heterocycles. The summed E-state index contributed by atoms with van der Waals surface area (Å²) in [5.41, 5.74) is 5.45. The number of carbonyl (C=O) groups excluding carboxylic acids is 1. The van der Waals surface area contributed by atoms with E-state index in [0.717, 1.165) is 0 Å². The molecule has 0 saturated carbocycles. The number of hydrogen-bond donors (Lipinski definition) is 3. The summed E-state index contributed by atoms with van der Waals surface area (Å²) in [5, 5.41) is 18.3. The summed E-state index contributed by atoms with van der Waals surface area (Å²) in [5.74, 6) is -1.70. The number of aliphatic hydroxyl groups excluding tert-OH is 1. The molecule has 1 aliphatic rings. The van der Waals surface area contributed by atoms with Gasteiger partial charge in [0, 0.05) is 19.5 Å². The molecule has 4 N–H and O–H groups in total. The Morgan fingerprint density at radius 1 is 1.56 bits per heavy atom. The van der Waals surface area contributed by atoms with Crippen LogP contribution in [0, 0.1) is 5.92 Å². The second-order valence-electron chi connectivity index (χ2n) is 4.08. The monoisotopic (exact) mass is 230 g/mol. The number of aliphatic hydroxyl groups is 1. The Morgan fingerprint density at radius 2 is 2.19 bits per heavy atom. The van der Waals surface area contributed by atoms with Crippen molar-refractivity contribution in [1.29, 1.82) is 0 Å². The first-order valence-electron chi connectivity index (χ1n) is 5.42. The van der Waals surface area contributed by atoms with Gasteiger partial charge in [-0.25, -0.2) is 4.79 Å². The number of carboxylic acid groups (broad SMARTS) is 1. The number of likely N-dealkylation sites (tertiary alicyclic amines) is 1. The van der Waals surface area contributed by atoms with Crippen LogP contribution in [-0.4, -0.2) is 52.2 Å². The highest BCUT2D eigenvalue weighted by molar-refractivity contribution is 5.86. The van der Waals surface area contributed by atoms with Gasteiger partial charge in [-0.05, 0) is 6.42 Å². The summed E-state index contributed by atoms with van der Waals surface area (Å²) in [7, 11) is 0. The molecule has 0 radical (unpaired) electrons. The Hall–Kier alpha value is -1.14. The lowest BCUT2D eigenvalue weighted by atomic mass is 10.0. The zero-order valence-corrected chi connectivity index (χ0v) is 9.30. The molecule has 1 saturated heterocycles. The van der Waals surface area contributed by atoms with Gasteiger partial charge in [0.05, 0.1) is 12.0 Å². The maximum absolute atomic E-state index is 11.9. The number of carbonyl (C=O) groups is 2. The molecule has 1 heterocycles. The van der Waals surface area contributed by atoms with E-state index in [1.165, 1.54) is 4.90 Å². The van der Waals surface area contributed by atoms with E-state index in [1.807, 2.05) is 6.92 Å². The van der Waals surface area contributed by atoms with Gasteiger partial charge < -0.3 is 20.8 Å². The van der Waals surface area contributed by atoms with Crippen molar-refractivity contribution in [1.82, 2.24) is 4.90 Å². The van der Waals surface area contributed by atoms with Crippen molar-refractivity contribution in [2.24, 2.45) is 11.7 Å². The van der Waals surface area contributed by atoms with Gasteiger partial charge in [0.25, 0.3) is 0 Å². The fourth-order valence-electron chi connectivity index (χ4n) is 1.97. The highest BCUT2D eigenvalue weighted by Crippen LogP contribution is 2.21. The quantitative estimate of drug-likeness (QED) is 0.575. The smallest absolute Gasteiger partial charge is 0.326 e. The highest BCUT2D eigenvalue weighted by atomic mass is 16.4. The molecule has 1 rings (SSSR count). The van der Waals surface area contributed by atoms with Crippen LogP contribution in [0.15, 0.2) is 0 Å². The number of aliphatic carboxylic acids is 1. The van der Waals surface area contributed by atoms with E-state index >= 15 is 0 Å². The van der Waals surface area contributed by atoms with Crippen LogP contribution in [0.3, 0.4) is 0 Å². The molecule has 6 heteroatoms. The Labute approximate surface area is 94.0 Å². The number of hydrogen-bond acceptors (Lipinski definition) is 4. The molecule has 16 heavy (non-hydrogen) atoms. The van der Waals surface area contributed by atoms with Gasteiger partial charge in [-0.1, -0.05) is 6.92 Å². The third-order valence-electron chi connectivity index (χ3n) is 2.97. The molecule has 1 amide bonds. The van der Waals surface area contributed by atoms with Crippen LogP contribution >= 0.6 is 0 Å². The molecule has 0 bridgehead atoms. The van der Waals surface area contributed by atoms with E-state index in [1.54, 1.807) is 0 Å². The molecular formula is C10H18N2O4. The molecule has 1 aliphatic heterocycles. The summed E-state index contributed by atoms with van der Waals surface area (Å²) in [6.07, 6.45) is -0.0728. The van der Waals surface area contributed by atoms with Gasteiger partial charge >= 0.3 is 5.97 Å². The SMILES string of the molecule is CCC(CN)C(=O)N1CC(O)C[C@H]1C(=O)O. The molecule has 0 spiro atoms. The zero-order valence-electron chi connectivity index (χ0n) is 9.30. The average Bonchev–Trinajstić information content (AvgIpc) is 2.62. The van der Waals surface area contributed by atoms with Crippen molar-refractivity contribution in [2.75, 3.05) is 13.1 Å². The zero-order chi connectivity index (χ0) is 12.3. The van der Waals surface area contributed by atoms with Crippen LogP contribution in [0.1, 0.15) is 19.8 Å². The molecule has 0 aromatic carbocycles. The Kier molecular flexibility index (Phi) is 4.26. The van der Waals surface area contributed by atoms with Crippen LogP contribution in [0.2, 0.25) is 0 Å². The van der Waals surface area contributed by atoms with Crippen LogP contribution in [0.5, 0.6) is 0 Å². The number of rotatable bonds is 4. The minimum absolute atomic E-state index is 0.0896. The van der Waals surface area contributed by atoms with Crippen molar-refractivity contribution in [3.05, 3.63) is 0 Å². The van der Waals surface area contributed by atoms with E-state index in [0.29, 0.717) is 6.42 Å². The van der Waals surface area contributed by atoms with E-state index < -0.39 is 18.1 Å². The standard InChI is InChI=1S/C10H18N2O4/c1-2-6(4-11)9(14)12-5-7(13)3-8(12)10(15)16/h6-8,13H,2-5,11H2,1H3,(H,15,16)/t6?,7?,8-/m0/s1. The van der Waals surface area contributed by atoms with Gasteiger partial charge in [-0.3, -0.25) is 4.79 Å². The maximum atomic E-state index is 11.9. The molecule has 0 aromatic rings. The van der Waals surface area contributed by atoms with E-state index in [-0.39, 0.29) is 31.3 Å². The van der Waals surface area contributed by atoms with Gasteiger partial charge in [-0.2, -0.15) is 0 Å². The molecule has 2 unspecified atom stereocenters. The molecule has 3 atom stereocenters. The van der Waals surface area contributed by atoms with Crippen molar-refractivity contribution < 1.29 is 19.8 Å². The first-order chi connectivity index (χ1) is 7.51. The van der Waals surface area contributed by atoms with Crippen molar-refractivity contribution >= 4 is 11.9 Å². The number of β-amino-alcohol motifs (C(OH)–C–C–N with tert-alkyl or cyclic N) is 1. The topological polar surface area (TPSA) is 104 Å². The lowest BCUT2D eigenvalue weighted by Gasteiger charge is -2.25.